The van der Waals surface area contributed by atoms with Gasteiger partial charge in [0.15, 0.2) is 0 Å². The number of rotatable bonds is 4. The van der Waals surface area contributed by atoms with Gasteiger partial charge in [0.25, 0.3) is 6.43 Å². The maximum atomic E-state index is 13.1. The number of hydrogen-bond donors (Lipinski definition) is 0. The molecule has 1 aliphatic rings. The summed E-state index contributed by atoms with van der Waals surface area (Å²) >= 11 is 0. The van der Waals surface area contributed by atoms with Gasteiger partial charge in [0, 0.05) is 30.8 Å². The van der Waals surface area contributed by atoms with Crippen LogP contribution in [0.4, 0.5) is 8.78 Å². The number of nitrogens with zero attached hydrogens (tertiary/aromatic N) is 4. The zero-order valence-corrected chi connectivity index (χ0v) is 14.1. The van der Waals surface area contributed by atoms with E-state index < -0.39 is 6.43 Å². The number of imidazole rings is 1. The van der Waals surface area contributed by atoms with Crippen molar-refractivity contribution >= 4 is 11.2 Å². The second-order valence-electron chi connectivity index (χ2n) is 6.70. The van der Waals surface area contributed by atoms with E-state index in [2.05, 4.69) is 34.9 Å². The Morgan fingerprint density at radius 1 is 1.16 bits per heavy atom. The second kappa shape index (κ2) is 6.02. The average Bonchev–Trinajstić information content (AvgIpc) is 3.16. The number of alkyl halides is 2. The highest BCUT2D eigenvalue weighted by atomic mass is 19.3. The number of aromatic nitrogens is 4. The van der Waals surface area contributed by atoms with Gasteiger partial charge in [0.1, 0.15) is 17.2 Å². The van der Waals surface area contributed by atoms with Gasteiger partial charge in [0.05, 0.1) is 11.9 Å². The molecule has 0 radical (unpaired) electrons. The molecule has 0 aromatic carbocycles. The van der Waals surface area contributed by atoms with Crippen LogP contribution < -0.4 is 0 Å². The Hall–Kier alpha value is -2.63. The summed E-state index contributed by atoms with van der Waals surface area (Å²) in [5.41, 5.74) is 4.25. The Kier molecular flexibility index (Phi) is 3.82. The van der Waals surface area contributed by atoms with E-state index in [1.807, 2.05) is 12.3 Å². The van der Waals surface area contributed by atoms with E-state index in [0.717, 1.165) is 41.1 Å². The molecular weight excluding hydrogens is 322 g/mol. The molecule has 3 aromatic rings. The Labute approximate surface area is 144 Å². The molecule has 4 nitrogen and oxygen atoms in total. The lowest BCUT2D eigenvalue weighted by Gasteiger charge is -2.09. The van der Waals surface area contributed by atoms with E-state index in [1.165, 1.54) is 10.6 Å². The molecular formula is C19H18F2N4. The molecule has 0 bridgehead atoms. The maximum Gasteiger partial charge on any atom is 0.280 e. The van der Waals surface area contributed by atoms with Crippen molar-refractivity contribution in [3.05, 3.63) is 65.1 Å². The van der Waals surface area contributed by atoms with Crippen LogP contribution in [0.1, 0.15) is 48.6 Å². The largest absolute Gasteiger partial charge is 0.298 e. The zero-order chi connectivity index (χ0) is 17.6. The Morgan fingerprint density at radius 2 is 2.00 bits per heavy atom. The van der Waals surface area contributed by atoms with Gasteiger partial charge >= 0.3 is 0 Å². The highest BCUT2D eigenvalue weighted by molar-refractivity contribution is 5.83. The predicted octanol–water partition coefficient (Wildman–Crippen LogP) is 4.25. The highest BCUT2D eigenvalue weighted by Crippen LogP contribution is 2.32. The molecule has 25 heavy (non-hydrogen) atoms. The van der Waals surface area contributed by atoms with Crippen molar-refractivity contribution in [3.8, 4) is 0 Å². The third-order valence-corrected chi connectivity index (χ3v) is 4.37. The maximum absolute atomic E-state index is 13.1. The van der Waals surface area contributed by atoms with Crippen LogP contribution in [0.15, 0.2) is 36.8 Å². The van der Waals surface area contributed by atoms with Crippen molar-refractivity contribution in [1.82, 2.24) is 19.4 Å². The van der Waals surface area contributed by atoms with Crippen LogP contribution in [0, 0.1) is 5.92 Å². The standard InChI is InChI=1S/C19H18F2N4/c1-11(2)7-17-22-8-14-13(4-5-15(14)24-17)12-3-6-18-23-9-16(19(20)21)25(18)10-12/h3-4,6,8-11,19H,5,7H2,1-2H3. The smallest absolute Gasteiger partial charge is 0.280 e. The fraction of sp³-hybridized carbons (Fsp3) is 0.316. The second-order valence-corrected chi connectivity index (χ2v) is 6.70. The summed E-state index contributed by atoms with van der Waals surface area (Å²) in [5.74, 6) is 1.36. The van der Waals surface area contributed by atoms with Gasteiger partial charge in [0.2, 0.25) is 0 Å². The van der Waals surface area contributed by atoms with Crippen LogP contribution in [0.25, 0.3) is 11.2 Å². The quantitative estimate of drug-likeness (QED) is 0.713. The van der Waals surface area contributed by atoms with Gasteiger partial charge in [-0.2, -0.15) is 0 Å². The lowest BCUT2D eigenvalue weighted by Crippen LogP contribution is -2.04. The van der Waals surface area contributed by atoms with Crippen molar-refractivity contribution in [2.45, 2.75) is 33.1 Å². The topological polar surface area (TPSA) is 43.1 Å². The number of pyridine rings is 1. The Bertz CT molecular complexity index is 973. The summed E-state index contributed by atoms with van der Waals surface area (Å²) in [6.45, 7) is 4.28. The molecule has 0 amide bonds. The van der Waals surface area contributed by atoms with Crippen molar-refractivity contribution in [1.29, 1.82) is 0 Å². The van der Waals surface area contributed by atoms with Crippen LogP contribution in [0.2, 0.25) is 0 Å². The van der Waals surface area contributed by atoms with Crippen molar-refractivity contribution in [2.24, 2.45) is 5.92 Å². The minimum atomic E-state index is -2.56. The molecule has 0 N–H and O–H groups in total. The van der Waals surface area contributed by atoms with E-state index in [4.69, 9.17) is 0 Å². The molecule has 3 heterocycles. The van der Waals surface area contributed by atoms with Gasteiger partial charge in [-0.25, -0.2) is 23.7 Å². The summed E-state index contributed by atoms with van der Waals surface area (Å²) in [6.07, 6.45) is 5.90. The molecule has 0 unspecified atom stereocenters. The summed E-state index contributed by atoms with van der Waals surface area (Å²) in [4.78, 5) is 13.2. The van der Waals surface area contributed by atoms with Gasteiger partial charge in [-0.3, -0.25) is 4.40 Å². The Balaban J connectivity index is 1.73. The highest BCUT2D eigenvalue weighted by Gasteiger charge is 2.20. The SMILES string of the molecule is CC(C)Cc1ncc2c(n1)CC=C2c1ccc2ncc(C(F)F)n2c1. The molecule has 0 saturated carbocycles. The van der Waals surface area contributed by atoms with Crippen LogP contribution >= 0.6 is 0 Å². The van der Waals surface area contributed by atoms with Gasteiger partial charge in [-0.1, -0.05) is 19.9 Å². The molecule has 0 spiro atoms. The first-order valence-electron chi connectivity index (χ1n) is 8.34. The molecule has 0 fully saturated rings. The average molecular weight is 340 g/mol. The first-order chi connectivity index (χ1) is 12.0. The first-order valence-corrected chi connectivity index (χ1v) is 8.34. The predicted molar refractivity (Wildman–Crippen MR) is 91.5 cm³/mol. The molecule has 0 aliphatic heterocycles. The van der Waals surface area contributed by atoms with Crippen molar-refractivity contribution in [2.75, 3.05) is 0 Å². The molecule has 128 valence electrons. The van der Waals surface area contributed by atoms with Crippen molar-refractivity contribution < 1.29 is 8.78 Å². The van der Waals surface area contributed by atoms with E-state index in [0.29, 0.717) is 11.6 Å². The van der Waals surface area contributed by atoms with E-state index in [-0.39, 0.29) is 5.69 Å². The third kappa shape index (κ3) is 2.81. The van der Waals surface area contributed by atoms with Crippen LogP contribution in [-0.4, -0.2) is 19.4 Å². The van der Waals surface area contributed by atoms with Gasteiger partial charge in [-0.15, -0.1) is 0 Å². The Morgan fingerprint density at radius 3 is 2.76 bits per heavy atom. The summed E-state index contributed by atoms with van der Waals surface area (Å²) < 4.78 is 27.7. The molecule has 1 aliphatic carbocycles. The van der Waals surface area contributed by atoms with E-state index in [9.17, 15) is 8.78 Å². The number of halogens is 2. The number of fused-ring (bicyclic) bond motifs is 2. The van der Waals surface area contributed by atoms with Crippen LogP contribution in [-0.2, 0) is 12.8 Å². The lowest BCUT2D eigenvalue weighted by atomic mass is 10.0. The third-order valence-electron chi connectivity index (χ3n) is 4.37. The number of hydrogen-bond acceptors (Lipinski definition) is 3. The zero-order valence-electron chi connectivity index (χ0n) is 14.1. The normalized spacial score (nSPS) is 13.8. The van der Waals surface area contributed by atoms with Gasteiger partial charge < -0.3 is 0 Å². The first kappa shape index (κ1) is 15.9. The van der Waals surface area contributed by atoms with E-state index >= 15 is 0 Å². The molecule has 0 saturated heterocycles. The molecule has 4 rings (SSSR count). The summed E-state index contributed by atoms with van der Waals surface area (Å²) in [7, 11) is 0. The number of allylic oxidation sites excluding steroid dienone is 1. The van der Waals surface area contributed by atoms with Gasteiger partial charge in [-0.05, 0) is 29.2 Å². The molecule has 0 atom stereocenters. The van der Waals surface area contributed by atoms with Crippen LogP contribution in [0.3, 0.4) is 0 Å². The minimum absolute atomic E-state index is 0.0980. The summed E-state index contributed by atoms with van der Waals surface area (Å²) in [6, 6.07) is 3.66. The lowest BCUT2D eigenvalue weighted by molar-refractivity contribution is 0.145. The fourth-order valence-electron chi connectivity index (χ4n) is 3.20. The van der Waals surface area contributed by atoms with Crippen molar-refractivity contribution in [3.63, 3.8) is 0 Å². The molecule has 6 heteroatoms. The fourth-order valence-corrected chi connectivity index (χ4v) is 3.20. The van der Waals surface area contributed by atoms with Crippen LogP contribution in [0.5, 0.6) is 0 Å². The van der Waals surface area contributed by atoms with E-state index in [1.54, 1.807) is 12.3 Å². The monoisotopic (exact) mass is 340 g/mol. The molecule has 3 aromatic heterocycles. The minimum Gasteiger partial charge on any atom is -0.298 e. The summed E-state index contributed by atoms with van der Waals surface area (Å²) in [5, 5.41) is 0.